The first-order chi connectivity index (χ1) is 17.5. The number of thioether (sulfide) groups is 1. The molecule has 1 unspecified atom stereocenters. The number of hydrogen-bond acceptors (Lipinski definition) is 8. The molecule has 2 aromatic carbocycles. The summed E-state index contributed by atoms with van der Waals surface area (Å²) in [4.78, 5) is 36.5. The predicted molar refractivity (Wildman–Crippen MR) is 141 cm³/mol. The van der Waals surface area contributed by atoms with Crippen molar-refractivity contribution in [1.29, 1.82) is 0 Å². The van der Waals surface area contributed by atoms with E-state index in [2.05, 4.69) is 22.5 Å². The maximum absolute atomic E-state index is 13.5. The summed E-state index contributed by atoms with van der Waals surface area (Å²) in [6.45, 7) is 5.38. The molecule has 1 heterocycles. The molecule has 1 atom stereocenters. The van der Waals surface area contributed by atoms with Crippen molar-refractivity contribution in [2.24, 2.45) is 0 Å². The van der Waals surface area contributed by atoms with Gasteiger partial charge in [0.1, 0.15) is 5.75 Å². The molecule has 11 heteroatoms. The number of benzene rings is 2. The predicted octanol–water partition coefficient (Wildman–Crippen LogP) is 4.64. The van der Waals surface area contributed by atoms with Crippen LogP contribution in [0.15, 0.2) is 47.4 Å². The van der Waals surface area contributed by atoms with Crippen LogP contribution in [-0.2, 0) is 19.4 Å². The summed E-state index contributed by atoms with van der Waals surface area (Å²) < 4.78 is 35.1. The second-order valence-electron chi connectivity index (χ2n) is 8.54. The number of amides is 3. The van der Waals surface area contributed by atoms with Gasteiger partial charge in [-0.05, 0) is 87.3 Å². The molecule has 1 fully saturated rings. The van der Waals surface area contributed by atoms with Crippen LogP contribution in [0.5, 0.6) is 5.75 Å². The number of ether oxygens (including phenoxy) is 2. The Kier molecular flexibility index (Phi) is 8.89. The molecule has 2 N–H and O–H groups in total. The maximum Gasteiger partial charge on any atom is 0.411 e. The van der Waals surface area contributed by atoms with Crippen LogP contribution in [0.25, 0.3) is 0 Å². The highest BCUT2D eigenvalue weighted by atomic mass is 32.3. The number of rotatable bonds is 8. The minimum absolute atomic E-state index is 0.0762. The summed E-state index contributed by atoms with van der Waals surface area (Å²) in [7, 11) is -2.75. The average molecular weight is 545 g/mol. The topological polar surface area (TPSA) is 128 Å². The van der Waals surface area contributed by atoms with Crippen molar-refractivity contribution in [2.45, 2.75) is 55.1 Å². The first-order valence-electron chi connectivity index (χ1n) is 11.5. The van der Waals surface area contributed by atoms with Crippen molar-refractivity contribution >= 4 is 44.5 Å². The quantitative estimate of drug-likeness (QED) is 0.364. The smallest absolute Gasteiger partial charge is 0.411 e. The fourth-order valence-electron chi connectivity index (χ4n) is 3.59. The van der Waals surface area contributed by atoms with Crippen LogP contribution < -0.4 is 15.4 Å². The van der Waals surface area contributed by atoms with Crippen LogP contribution in [0.4, 0.5) is 15.3 Å². The van der Waals surface area contributed by atoms with Gasteiger partial charge in [-0.15, -0.1) is 0 Å². The average Bonchev–Trinajstić information content (AvgIpc) is 3.14. The monoisotopic (exact) mass is 544 g/mol. The zero-order valence-corrected chi connectivity index (χ0v) is 22.5. The molecule has 1 saturated heterocycles. The summed E-state index contributed by atoms with van der Waals surface area (Å²) in [5.41, 5.74) is 2.11. The van der Waals surface area contributed by atoms with Crippen molar-refractivity contribution in [3.05, 3.63) is 53.6 Å². The molecule has 0 radical (unpaired) electrons. The lowest BCUT2D eigenvalue weighted by Gasteiger charge is -2.24. The van der Waals surface area contributed by atoms with Gasteiger partial charge in [-0.3, -0.25) is 20.2 Å². The Bertz CT molecular complexity index is 1360. The van der Waals surface area contributed by atoms with Crippen molar-refractivity contribution in [3.8, 4) is 17.6 Å². The van der Waals surface area contributed by atoms with E-state index in [0.717, 1.165) is 5.56 Å². The standard InChI is InChI=1S/C26H28N2O7S2/c1-17(2)35-24(30)27-20-10-9-18(3)19(16-20)8-6-5-7-15-26(23(29)28-25(31)36-26)37(32,33)22-13-11-21(34-4)12-14-22/h9-14,16-17H,5,7,15H2,1-4H3,(H,27,30)(H,28,29,31). The van der Waals surface area contributed by atoms with Crippen LogP contribution in [-0.4, -0.2) is 43.0 Å². The molecule has 0 aromatic heterocycles. The molecule has 0 aliphatic carbocycles. The Morgan fingerprint density at radius 2 is 1.86 bits per heavy atom. The number of hydrogen-bond donors (Lipinski definition) is 2. The Morgan fingerprint density at radius 1 is 1.16 bits per heavy atom. The number of nitrogens with one attached hydrogen (secondary N) is 2. The number of sulfone groups is 1. The zero-order chi connectivity index (χ0) is 27.2. The lowest BCUT2D eigenvalue weighted by molar-refractivity contribution is -0.120. The van der Waals surface area contributed by atoms with Crippen LogP contribution in [0.1, 0.15) is 44.2 Å². The summed E-state index contributed by atoms with van der Waals surface area (Å²) >= 11 is 0.482. The summed E-state index contributed by atoms with van der Waals surface area (Å²) in [5.74, 6) is 5.64. The molecule has 0 bridgehead atoms. The number of unbranched alkanes of at least 4 members (excludes halogenated alkanes) is 1. The zero-order valence-electron chi connectivity index (χ0n) is 20.9. The number of carbonyl (C=O) groups is 3. The molecule has 0 spiro atoms. The minimum atomic E-state index is -4.21. The fourth-order valence-corrected chi connectivity index (χ4v) is 6.96. The van der Waals surface area contributed by atoms with E-state index in [9.17, 15) is 22.8 Å². The number of imide groups is 1. The third kappa shape index (κ3) is 6.45. The van der Waals surface area contributed by atoms with Crippen LogP contribution in [0.3, 0.4) is 0 Å². The highest BCUT2D eigenvalue weighted by Crippen LogP contribution is 2.44. The van der Waals surface area contributed by atoms with E-state index >= 15 is 0 Å². The molecular formula is C26H28N2O7S2. The molecule has 3 rings (SSSR count). The van der Waals surface area contributed by atoms with E-state index in [1.54, 1.807) is 26.0 Å². The van der Waals surface area contributed by atoms with Gasteiger partial charge in [0.15, 0.2) is 0 Å². The van der Waals surface area contributed by atoms with Gasteiger partial charge < -0.3 is 9.47 Å². The Labute approximate surface area is 220 Å². The molecule has 196 valence electrons. The lowest BCUT2D eigenvalue weighted by atomic mass is 10.1. The summed E-state index contributed by atoms with van der Waals surface area (Å²) in [6.07, 6.45) is -0.373. The van der Waals surface area contributed by atoms with Crippen LogP contribution in [0, 0.1) is 18.8 Å². The first kappa shape index (κ1) is 28.1. The van der Waals surface area contributed by atoms with Crippen molar-refractivity contribution in [1.82, 2.24) is 5.32 Å². The Hall–Kier alpha value is -3.49. The highest BCUT2D eigenvalue weighted by Gasteiger charge is 2.57. The molecule has 9 nitrogen and oxygen atoms in total. The molecule has 1 aliphatic heterocycles. The van der Waals surface area contributed by atoms with Gasteiger partial charge in [-0.25, -0.2) is 13.2 Å². The summed E-state index contributed by atoms with van der Waals surface area (Å²) in [6, 6.07) is 11.0. The Balaban J connectivity index is 1.74. The number of carbonyl (C=O) groups excluding carboxylic acids is 3. The van der Waals surface area contributed by atoms with Gasteiger partial charge >= 0.3 is 6.09 Å². The number of methoxy groups -OCH3 is 1. The van der Waals surface area contributed by atoms with Crippen molar-refractivity contribution in [2.75, 3.05) is 12.4 Å². The van der Waals surface area contributed by atoms with E-state index in [-0.39, 0.29) is 30.3 Å². The maximum atomic E-state index is 13.5. The van der Waals surface area contributed by atoms with Gasteiger partial charge in [-0.1, -0.05) is 17.9 Å². The van der Waals surface area contributed by atoms with Gasteiger partial charge in [-0.2, -0.15) is 0 Å². The van der Waals surface area contributed by atoms with E-state index in [0.29, 0.717) is 28.8 Å². The molecule has 0 saturated carbocycles. The SMILES string of the molecule is COc1ccc(S(=O)(=O)C2(CCCC#Cc3cc(NC(=O)OC(C)C)ccc3C)SC(=O)NC2=O)cc1. The van der Waals surface area contributed by atoms with Gasteiger partial charge in [0.2, 0.25) is 13.9 Å². The molecule has 37 heavy (non-hydrogen) atoms. The second kappa shape index (κ2) is 11.7. The second-order valence-corrected chi connectivity index (χ2v) is 12.2. The first-order valence-corrected chi connectivity index (χ1v) is 13.8. The third-order valence-electron chi connectivity index (χ3n) is 5.48. The third-order valence-corrected chi connectivity index (χ3v) is 9.55. The summed E-state index contributed by atoms with van der Waals surface area (Å²) in [5, 5.41) is 4.06. The molecular weight excluding hydrogens is 516 g/mol. The van der Waals surface area contributed by atoms with Gasteiger partial charge in [0, 0.05) is 17.7 Å². The van der Waals surface area contributed by atoms with Crippen LogP contribution in [0.2, 0.25) is 0 Å². The number of anilines is 1. The van der Waals surface area contributed by atoms with Crippen LogP contribution >= 0.6 is 11.8 Å². The molecule has 1 aliphatic rings. The lowest BCUT2D eigenvalue weighted by Crippen LogP contribution is -2.43. The minimum Gasteiger partial charge on any atom is -0.497 e. The van der Waals surface area contributed by atoms with E-state index in [1.807, 2.05) is 13.0 Å². The van der Waals surface area contributed by atoms with Gasteiger partial charge in [0.25, 0.3) is 11.1 Å². The largest absolute Gasteiger partial charge is 0.497 e. The van der Waals surface area contributed by atoms with Crippen molar-refractivity contribution in [3.63, 3.8) is 0 Å². The van der Waals surface area contributed by atoms with E-state index in [4.69, 9.17) is 9.47 Å². The Morgan fingerprint density at radius 3 is 2.46 bits per heavy atom. The molecule has 2 aromatic rings. The fraction of sp³-hybridized carbons (Fsp3) is 0.346. The van der Waals surface area contributed by atoms with E-state index < -0.39 is 31.2 Å². The van der Waals surface area contributed by atoms with E-state index in [1.165, 1.54) is 31.4 Å². The number of aryl methyl sites for hydroxylation is 1. The highest BCUT2D eigenvalue weighted by molar-refractivity contribution is 8.25. The van der Waals surface area contributed by atoms with Gasteiger partial charge in [0.05, 0.1) is 18.1 Å². The normalized spacial score (nSPS) is 17.1. The molecule has 3 amide bonds. The van der Waals surface area contributed by atoms with Crippen molar-refractivity contribution < 1.29 is 32.3 Å².